The average molecular weight is 659 g/mol. The summed E-state index contributed by atoms with van der Waals surface area (Å²) in [6.45, 7) is 16.8. The van der Waals surface area contributed by atoms with Gasteiger partial charge in [-0.3, -0.25) is 23.9 Å². The van der Waals surface area contributed by atoms with Gasteiger partial charge in [-0.1, -0.05) is 19.8 Å². The van der Waals surface area contributed by atoms with Crippen molar-refractivity contribution in [2.75, 3.05) is 49.5 Å². The van der Waals surface area contributed by atoms with Gasteiger partial charge >= 0.3 is 5.97 Å². The zero-order valence-electron chi connectivity index (χ0n) is 29.3. The van der Waals surface area contributed by atoms with Gasteiger partial charge in [-0.05, 0) is 83.4 Å². The number of carbonyl (C=O) groups excluding carboxylic acids is 2. The molecule has 2 atom stereocenters. The van der Waals surface area contributed by atoms with Crippen LogP contribution in [-0.4, -0.2) is 87.1 Å². The van der Waals surface area contributed by atoms with Crippen molar-refractivity contribution in [3.63, 3.8) is 0 Å². The molecule has 0 bridgehead atoms. The molecule has 12 heteroatoms. The molecule has 0 aromatic carbocycles. The minimum atomic E-state index is -0.471. The molecule has 5 heterocycles. The largest absolute Gasteiger partial charge is 0.459 e. The third-order valence-electron chi connectivity index (χ3n) is 10.1. The summed E-state index contributed by atoms with van der Waals surface area (Å²) < 4.78 is 7.31. The van der Waals surface area contributed by atoms with Crippen LogP contribution >= 0.6 is 0 Å². The molecule has 1 saturated carbocycles. The van der Waals surface area contributed by atoms with Crippen LogP contribution < -0.4 is 21.1 Å². The van der Waals surface area contributed by atoms with Crippen molar-refractivity contribution in [2.45, 2.75) is 97.8 Å². The number of Topliss-reactive ketones (excluding diaryl/α,β-unsaturated/α-hetero) is 1. The number of rotatable bonds is 8. The van der Waals surface area contributed by atoms with Gasteiger partial charge in [0, 0.05) is 56.9 Å². The van der Waals surface area contributed by atoms with E-state index in [1.54, 1.807) is 17.7 Å². The lowest BCUT2D eigenvalue weighted by Crippen LogP contribution is -2.55. The number of aromatic nitrogens is 4. The molecule has 3 aromatic rings. The number of piperazine rings is 1. The number of carbonyl (C=O) groups is 2. The van der Waals surface area contributed by atoms with E-state index in [1.807, 2.05) is 33.0 Å². The maximum atomic E-state index is 13.5. The van der Waals surface area contributed by atoms with Gasteiger partial charge in [0.25, 0.3) is 5.56 Å². The predicted octanol–water partition coefficient (Wildman–Crippen LogP) is 4.78. The Kier molecular flexibility index (Phi) is 9.59. The number of esters is 1. The van der Waals surface area contributed by atoms with E-state index in [0.717, 1.165) is 88.9 Å². The number of piperidine rings is 1. The van der Waals surface area contributed by atoms with Gasteiger partial charge in [-0.15, -0.1) is 0 Å². The van der Waals surface area contributed by atoms with Crippen LogP contribution in [0.3, 0.4) is 0 Å². The summed E-state index contributed by atoms with van der Waals surface area (Å²) in [5, 5.41) is 7.39. The zero-order valence-corrected chi connectivity index (χ0v) is 29.3. The number of fused-ring (bicyclic) bond motifs is 1. The number of nitrogens with one attached hydrogen (secondary N) is 2. The summed E-state index contributed by atoms with van der Waals surface area (Å²) in [5.41, 5.74) is 1.85. The molecule has 3 aliphatic rings. The Morgan fingerprint density at radius 3 is 2.40 bits per heavy atom. The second-order valence-corrected chi connectivity index (χ2v) is 15.2. The fourth-order valence-electron chi connectivity index (χ4n) is 7.54. The number of ether oxygens (including phenoxy) is 1. The molecule has 12 nitrogen and oxygen atoms in total. The number of pyridine rings is 2. The molecule has 3 aromatic heterocycles. The first-order valence-corrected chi connectivity index (χ1v) is 17.4. The van der Waals surface area contributed by atoms with Crippen LogP contribution in [0.2, 0.25) is 0 Å². The maximum Gasteiger partial charge on any atom is 0.323 e. The molecule has 258 valence electrons. The molecule has 6 rings (SSSR count). The highest BCUT2D eigenvalue weighted by Crippen LogP contribution is 2.33. The molecular weight excluding hydrogens is 608 g/mol. The Labute approximate surface area is 282 Å². The fourth-order valence-corrected chi connectivity index (χ4v) is 7.54. The highest BCUT2D eigenvalue weighted by atomic mass is 16.6. The molecule has 2 aliphatic heterocycles. The molecule has 2 N–H and O–H groups in total. The van der Waals surface area contributed by atoms with E-state index in [4.69, 9.17) is 9.72 Å². The minimum Gasteiger partial charge on any atom is -0.459 e. The van der Waals surface area contributed by atoms with Crippen molar-refractivity contribution in [3.05, 3.63) is 46.0 Å². The Hall–Kier alpha value is -3.90. The average Bonchev–Trinajstić information content (AvgIpc) is 3.56. The lowest BCUT2D eigenvalue weighted by molar-refractivity contribution is -0.158. The summed E-state index contributed by atoms with van der Waals surface area (Å²) >= 11 is 0. The fraction of sp³-hybridized carbons (Fsp3) is 0.611. The smallest absolute Gasteiger partial charge is 0.323 e. The van der Waals surface area contributed by atoms with E-state index < -0.39 is 5.60 Å². The van der Waals surface area contributed by atoms with Crippen LogP contribution in [-0.2, 0) is 9.53 Å². The molecule has 0 amide bonds. The Morgan fingerprint density at radius 1 is 1.06 bits per heavy atom. The lowest BCUT2D eigenvalue weighted by atomic mass is 9.80. The van der Waals surface area contributed by atoms with E-state index in [9.17, 15) is 14.4 Å². The maximum absolute atomic E-state index is 13.5. The Morgan fingerprint density at radius 2 is 1.79 bits per heavy atom. The van der Waals surface area contributed by atoms with Crippen molar-refractivity contribution >= 4 is 40.2 Å². The van der Waals surface area contributed by atoms with Crippen molar-refractivity contribution in [1.82, 2.24) is 29.7 Å². The Bertz CT molecular complexity index is 1710. The van der Waals surface area contributed by atoms with Crippen LogP contribution in [0.5, 0.6) is 0 Å². The van der Waals surface area contributed by atoms with Crippen LogP contribution in [0, 0.1) is 12.3 Å². The Balaban J connectivity index is 1.06. The molecule has 0 radical (unpaired) electrons. The summed E-state index contributed by atoms with van der Waals surface area (Å²) in [4.78, 5) is 57.3. The first-order valence-electron chi connectivity index (χ1n) is 17.4. The predicted molar refractivity (Wildman–Crippen MR) is 187 cm³/mol. The van der Waals surface area contributed by atoms with Gasteiger partial charge < -0.3 is 20.3 Å². The zero-order chi connectivity index (χ0) is 34.2. The van der Waals surface area contributed by atoms with Crippen molar-refractivity contribution in [3.8, 4) is 0 Å². The summed E-state index contributed by atoms with van der Waals surface area (Å²) in [6.07, 6.45) is 9.26. The van der Waals surface area contributed by atoms with Gasteiger partial charge in [-0.2, -0.15) is 4.98 Å². The standard InChI is InChI=1S/C36H50N8O4/c1-23-27-20-38-34(41-31(27)44(25-9-7-8-10-25)32(46)30(23)24(2)45)40-29-12-11-26(19-37-29)43-17-15-42(16-18-43)22-36(6)14-13-28(39-21-36)33(47)48-35(3,4)5/h11-12,19-20,25,28,39H,7-10,13-18,21-22H2,1-6H3,(H,37,38,40,41). The highest BCUT2D eigenvalue weighted by molar-refractivity contribution is 5.99. The lowest BCUT2D eigenvalue weighted by Gasteiger charge is -2.44. The SMILES string of the molecule is CC(=O)c1c(C)c2cnc(Nc3ccc(N4CCN(CC5(C)CCC(C(=O)OC(C)(C)C)NC5)CC4)cn3)nc2n(C2CCCC2)c1=O. The molecule has 0 spiro atoms. The van der Waals surface area contributed by atoms with E-state index >= 15 is 0 Å². The second kappa shape index (κ2) is 13.5. The minimum absolute atomic E-state index is 0.0260. The van der Waals surface area contributed by atoms with E-state index in [0.29, 0.717) is 23.0 Å². The van der Waals surface area contributed by atoms with Crippen molar-refractivity contribution in [2.24, 2.45) is 5.41 Å². The van der Waals surface area contributed by atoms with Crippen LogP contribution in [0.1, 0.15) is 95.1 Å². The number of anilines is 3. The second-order valence-electron chi connectivity index (χ2n) is 15.2. The highest BCUT2D eigenvalue weighted by Gasteiger charge is 2.37. The van der Waals surface area contributed by atoms with Crippen LogP contribution in [0.15, 0.2) is 29.3 Å². The molecule has 3 fully saturated rings. The number of ketones is 1. The molecule has 2 unspecified atom stereocenters. The number of hydrogen-bond donors (Lipinski definition) is 2. The normalized spacial score (nSPS) is 22.6. The van der Waals surface area contributed by atoms with E-state index in [-0.39, 0.29) is 40.4 Å². The van der Waals surface area contributed by atoms with Crippen molar-refractivity contribution in [1.29, 1.82) is 0 Å². The third kappa shape index (κ3) is 7.39. The monoisotopic (exact) mass is 658 g/mol. The first kappa shape index (κ1) is 34.0. The van der Waals surface area contributed by atoms with Gasteiger partial charge in [0.1, 0.15) is 23.1 Å². The third-order valence-corrected chi connectivity index (χ3v) is 10.1. The van der Waals surface area contributed by atoms with E-state index in [1.165, 1.54) is 6.92 Å². The molecular formula is C36H50N8O4. The van der Waals surface area contributed by atoms with Gasteiger partial charge in [-0.25, -0.2) is 9.97 Å². The quantitative estimate of drug-likeness (QED) is 0.256. The van der Waals surface area contributed by atoms with Gasteiger partial charge in [0.15, 0.2) is 5.78 Å². The molecule has 48 heavy (non-hydrogen) atoms. The number of aryl methyl sites for hydroxylation is 1. The molecule has 2 saturated heterocycles. The van der Waals surface area contributed by atoms with Gasteiger partial charge in [0.05, 0.1) is 17.4 Å². The number of hydrogen-bond acceptors (Lipinski definition) is 11. The summed E-state index contributed by atoms with van der Waals surface area (Å²) in [6, 6.07) is 3.79. The topological polar surface area (TPSA) is 135 Å². The summed E-state index contributed by atoms with van der Waals surface area (Å²) in [5.74, 6) is 0.596. The van der Waals surface area contributed by atoms with Crippen molar-refractivity contribution < 1.29 is 14.3 Å². The van der Waals surface area contributed by atoms with E-state index in [2.05, 4.69) is 43.4 Å². The van der Waals surface area contributed by atoms with Crippen LogP contribution in [0.4, 0.5) is 17.5 Å². The number of nitrogens with zero attached hydrogens (tertiary/aromatic N) is 6. The summed E-state index contributed by atoms with van der Waals surface area (Å²) in [7, 11) is 0. The van der Waals surface area contributed by atoms with Crippen LogP contribution in [0.25, 0.3) is 11.0 Å². The molecule has 1 aliphatic carbocycles. The van der Waals surface area contributed by atoms with Gasteiger partial charge in [0.2, 0.25) is 5.95 Å². The first-order chi connectivity index (χ1) is 22.8.